The van der Waals surface area contributed by atoms with Gasteiger partial charge in [-0.15, -0.1) is 0 Å². The van der Waals surface area contributed by atoms with Gasteiger partial charge in [0.15, 0.2) is 0 Å². The van der Waals surface area contributed by atoms with Crippen LogP contribution in [0.5, 0.6) is 0 Å². The molecule has 0 aromatic carbocycles. The predicted molar refractivity (Wildman–Crippen MR) is 181 cm³/mol. The molecule has 0 spiro atoms. The number of ether oxygens (including phenoxy) is 2. The zero-order chi connectivity index (χ0) is 30.8. The number of esters is 2. The van der Waals surface area contributed by atoms with Gasteiger partial charge >= 0.3 is 11.9 Å². The van der Waals surface area contributed by atoms with E-state index in [0.717, 1.165) is 44.9 Å². The molecule has 250 valence electrons. The summed E-state index contributed by atoms with van der Waals surface area (Å²) in [4.78, 5) is 23.9. The number of rotatable bonds is 34. The summed E-state index contributed by atoms with van der Waals surface area (Å²) < 4.78 is 11.0. The van der Waals surface area contributed by atoms with Crippen LogP contribution in [0.15, 0.2) is 0 Å². The summed E-state index contributed by atoms with van der Waals surface area (Å²) in [6.45, 7) is 6.87. The standard InChI is InChI=1S/C38H74O4/c1-4-7-9-11-12-13-14-15-16-17-18-19-24-27-31-35-38(40)42-36(32-28-10-8-5-2)33-29-25-22-20-21-23-26-30-34-37(39)41-6-3/h36H,4-35H2,1-3H3. The van der Waals surface area contributed by atoms with Gasteiger partial charge in [-0.1, -0.05) is 162 Å². The number of hydrogen-bond donors (Lipinski definition) is 0. The maximum atomic E-state index is 12.6. The van der Waals surface area contributed by atoms with E-state index < -0.39 is 0 Å². The van der Waals surface area contributed by atoms with Crippen molar-refractivity contribution < 1.29 is 19.1 Å². The Labute approximate surface area is 263 Å². The van der Waals surface area contributed by atoms with Crippen LogP contribution in [-0.2, 0) is 19.1 Å². The maximum Gasteiger partial charge on any atom is 0.306 e. The Morgan fingerprint density at radius 2 is 0.714 bits per heavy atom. The molecule has 42 heavy (non-hydrogen) atoms. The third-order valence-corrected chi connectivity index (χ3v) is 8.62. The largest absolute Gasteiger partial charge is 0.466 e. The van der Waals surface area contributed by atoms with Crippen LogP contribution in [-0.4, -0.2) is 24.6 Å². The van der Waals surface area contributed by atoms with Crippen molar-refractivity contribution in [2.45, 2.75) is 226 Å². The molecule has 4 heteroatoms. The van der Waals surface area contributed by atoms with E-state index in [2.05, 4.69) is 13.8 Å². The minimum atomic E-state index is -0.0581. The van der Waals surface area contributed by atoms with Gasteiger partial charge in [0.2, 0.25) is 0 Å². The van der Waals surface area contributed by atoms with Gasteiger partial charge in [0, 0.05) is 12.8 Å². The summed E-state index contributed by atoms with van der Waals surface area (Å²) in [6, 6.07) is 0. The van der Waals surface area contributed by atoms with E-state index in [1.807, 2.05) is 6.92 Å². The zero-order valence-electron chi connectivity index (χ0n) is 28.8. The molecule has 0 aliphatic heterocycles. The molecule has 0 saturated heterocycles. The Kier molecular flexibility index (Phi) is 33.6. The van der Waals surface area contributed by atoms with Crippen molar-refractivity contribution in [2.24, 2.45) is 0 Å². The fourth-order valence-electron chi connectivity index (χ4n) is 5.88. The molecule has 0 heterocycles. The Bertz CT molecular complexity index is 561. The van der Waals surface area contributed by atoms with Crippen molar-refractivity contribution in [3.63, 3.8) is 0 Å². The average Bonchev–Trinajstić information content (AvgIpc) is 2.98. The van der Waals surface area contributed by atoms with E-state index >= 15 is 0 Å². The molecule has 0 aliphatic carbocycles. The highest BCUT2D eigenvalue weighted by Crippen LogP contribution is 2.19. The van der Waals surface area contributed by atoms with E-state index in [-0.39, 0.29) is 18.0 Å². The lowest BCUT2D eigenvalue weighted by atomic mass is 10.0. The highest BCUT2D eigenvalue weighted by atomic mass is 16.5. The van der Waals surface area contributed by atoms with E-state index in [4.69, 9.17) is 9.47 Å². The van der Waals surface area contributed by atoms with Gasteiger partial charge in [-0.2, -0.15) is 0 Å². The summed E-state index contributed by atoms with van der Waals surface area (Å²) in [6.07, 6.45) is 37.9. The monoisotopic (exact) mass is 595 g/mol. The molecule has 1 unspecified atom stereocenters. The van der Waals surface area contributed by atoms with Crippen LogP contribution in [0.2, 0.25) is 0 Å². The van der Waals surface area contributed by atoms with Crippen molar-refractivity contribution in [2.75, 3.05) is 6.61 Å². The first-order valence-corrected chi connectivity index (χ1v) is 19.0. The van der Waals surface area contributed by atoms with E-state index in [1.54, 1.807) is 0 Å². The summed E-state index contributed by atoms with van der Waals surface area (Å²) >= 11 is 0. The van der Waals surface area contributed by atoms with Gasteiger partial charge in [-0.05, 0) is 45.4 Å². The number of hydrogen-bond acceptors (Lipinski definition) is 4. The molecule has 0 aliphatic rings. The van der Waals surface area contributed by atoms with Crippen LogP contribution in [0.1, 0.15) is 220 Å². The molecule has 0 fully saturated rings. The zero-order valence-corrected chi connectivity index (χ0v) is 28.8. The van der Waals surface area contributed by atoms with Gasteiger partial charge in [-0.3, -0.25) is 9.59 Å². The molecule has 0 aromatic heterocycles. The summed E-state index contributed by atoms with van der Waals surface area (Å²) in [5.41, 5.74) is 0. The fourth-order valence-corrected chi connectivity index (χ4v) is 5.88. The topological polar surface area (TPSA) is 52.6 Å². The van der Waals surface area contributed by atoms with Gasteiger partial charge in [0.05, 0.1) is 6.61 Å². The third kappa shape index (κ3) is 31.9. The van der Waals surface area contributed by atoms with Gasteiger partial charge in [-0.25, -0.2) is 0 Å². The first-order valence-electron chi connectivity index (χ1n) is 19.0. The van der Waals surface area contributed by atoms with Crippen molar-refractivity contribution in [3.8, 4) is 0 Å². The SMILES string of the molecule is CCCCCCCCCCCCCCCCCC(=O)OC(CCCCCC)CCCCCCCCCCC(=O)OCC. The highest BCUT2D eigenvalue weighted by Gasteiger charge is 2.14. The smallest absolute Gasteiger partial charge is 0.306 e. The number of carbonyl (C=O) groups is 2. The van der Waals surface area contributed by atoms with Crippen molar-refractivity contribution in [1.82, 2.24) is 0 Å². The fraction of sp³-hybridized carbons (Fsp3) is 0.947. The summed E-state index contributed by atoms with van der Waals surface area (Å²) in [5, 5.41) is 0. The summed E-state index contributed by atoms with van der Waals surface area (Å²) in [7, 11) is 0. The molecular formula is C38H74O4. The molecule has 0 saturated carbocycles. The van der Waals surface area contributed by atoms with E-state index in [1.165, 1.54) is 141 Å². The molecule has 0 bridgehead atoms. The maximum absolute atomic E-state index is 12.6. The van der Waals surface area contributed by atoms with E-state index in [9.17, 15) is 9.59 Å². The average molecular weight is 595 g/mol. The van der Waals surface area contributed by atoms with Crippen molar-refractivity contribution in [1.29, 1.82) is 0 Å². The first-order chi connectivity index (χ1) is 20.6. The van der Waals surface area contributed by atoms with Gasteiger partial charge in [0.1, 0.15) is 6.10 Å². The Morgan fingerprint density at radius 1 is 0.405 bits per heavy atom. The molecule has 0 aromatic rings. The number of unbranched alkanes of at least 4 members (excludes halogenated alkanes) is 24. The highest BCUT2D eigenvalue weighted by molar-refractivity contribution is 5.69. The van der Waals surface area contributed by atoms with Crippen LogP contribution in [0.3, 0.4) is 0 Å². The van der Waals surface area contributed by atoms with Crippen LogP contribution in [0, 0.1) is 0 Å². The molecule has 0 amide bonds. The van der Waals surface area contributed by atoms with E-state index in [0.29, 0.717) is 19.4 Å². The molecule has 0 rings (SSSR count). The normalized spacial score (nSPS) is 12.0. The molecule has 0 N–H and O–H groups in total. The van der Waals surface area contributed by atoms with Crippen LogP contribution in [0.4, 0.5) is 0 Å². The van der Waals surface area contributed by atoms with Gasteiger partial charge < -0.3 is 9.47 Å². The summed E-state index contributed by atoms with van der Waals surface area (Å²) in [5.74, 6) is -0.0229. The first kappa shape index (κ1) is 40.9. The Morgan fingerprint density at radius 3 is 1.10 bits per heavy atom. The Balaban J connectivity index is 3.79. The lowest BCUT2D eigenvalue weighted by molar-refractivity contribution is -0.150. The minimum absolute atomic E-state index is 0.0352. The second kappa shape index (κ2) is 34.4. The molecular weight excluding hydrogens is 520 g/mol. The van der Waals surface area contributed by atoms with Crippen molar-refractivity contribution >= 4 is 11.9 Å². The molecule has 1 atom stereocenters. The quantitative estimate of drug-likeness (QED) is 0.0549. The van der Waals surface area contributed by atoms with Gasteiger partial charge in [0.25, 0.3) is 0 Å². The van der Waals surface area contributed by atoms with Crippen LogP contribution >= 0.6 is 0 Å². The lowest BCUT2D eigenvalue weighted by Crippen LogP contribution is -2.18. The van der Waals surface area contributed by atoms with Crippen LogP contribution in [0.25, 0.3) is 0 Å². The third-order valence-electron chi connectivity index (χ3n) is 8.62. The Hall–Kier alpha value is -1.06. The second-order valence-electron chi connectivity index (χ2n) is 12.8. The van der Waals surface area contributed by atoms with Crippen molar-refractivity contribution in [3.05, 3.63) is 0 Å². The second-order valence-corrected chi connectivity index (χ2v) is 12.8. The van der Waals surface area contributed by atoms with Crippen LogP contribution < -0.4 is 0 Å². The minimum Gasteiger partial charge on any atom is -0.466 e. The lowest BCUT2D eigenvalue weighted by Gasteiger charge is -2.18. The molecule has 0 radical (unpaired) electrons. The predicted octanol–water partition coefficient (Wildman–Crippen LogP) is 12.6. The number of carbonyl (C=O) groups excluding carboxylic acids is 2. The molecule has 4 nitrogen and oxygen atoms in total.